The zero-order valence-corrected chi connectivity index (χ0v) is 15.0. The molecule has 0 radical (unpaired) electrons. The van der Waals surface area contributed by atoms with Gasteiger partial charge in [-0.05, 0) is 36.4 Å². The highest BCUT2D eigenvalue weighted by atomic mass is 32.1. The van der Waals surface area contributed by atoms with Crippen molar-refractivity contribution in [2.24, 2.45) is 0 Å². The van der Waals surface area contributed by atoms with Gasteiger partial charge in [-0.3, -0.25) is 19.5 Å². The van der Waals surface area contributed by atoms with Gasteiger partial charge in [-0.15, -0.1) is 11.3 Å². The Balaban J connectivity index is 1.53. The maximum Gasteiger partial charge on any atom is 0.273 e. The van der Waals surface area contributed by atoms with Crippen molar-refractivity contribution in [1.82, 2.24) is 14.7 Å². The number of rotatable bonds is 4. The van der Waals surface area contributed by atoms with Crippen molar-refractivity contribution in [2.75, 3.05) is 6.54 Å². The Hall–Kier alpha value is -2.67. The molecule has 2 aromatic heterocycles. The molecular weight excluding hydrogens is 350 g/mol. The zero-order valence-electron chi connectivity index (χ0n) is 14.2. The summed E-state index contributed by atoms with van der Waals surface area (Å²) in [5.41, 5.74) is -0.588. The highest BCUT2D eigenvalue weighted by molar-refractivity contribution is 7.10. The Bertz CT molecular complexity index is 1050. The molecule has 1 saturated heterocycles. The molecule has 1 amide bonds. The number of fused-ring (bicyclic) bond motifs is 1. The van der Waals surface area contributed by atoms with Crippen LogP contribution in [0.1, 0.15) is 30.2 Å². The van der Waals surface area contributed by atoms with Crippen molar-refractivity contribution in [3.63, 3.8) is 0 Å². The third kappa shape index (κ3) is 2.99. The van der Waals surface area contributed by atoms with Gasteiger partial charge in [0.25, 0.3) is 11.1 Å². The van der Waals surface area contributed by atoms with E-state index in [9.17, 15) is 14.4 Å². The van der Waals surface area contributed by atoms with Crippen LogP contribution in [0, 0.1) is 0 Å². The summed E-state index contributed by atoms with van der Waals surface area (Å²) >= 11 is 1.67. The highest BCUT2D eigenvalue weighted by Crippen LogP contribution is 2.34. The van der Waals surface area contributed by atoms with Crippen LogP contribution in [0.5, 0.6) is 0 Å². The number of hydrogen-bond donors (Lipinski definition) is 1. The number of carbonyl (C=O) groups is 1. The molecule has 0 aliphatic carbocycles. The summed E-state index contributed by atoms with van der Waals surface area (Å²) in [6.45, 7) is 0.913. The number of amides is 1. The number of likely N-dealkylation sites (tertiary alicyclic amines) is 1. The third-order valence-electron chi connectivity index (χ3n) is 4.88. The first-order valence-corrected chi connectivity index (χ1v) is 9.58. The Labute approximate surface area is 153 Å². The summed E-state index contributed by atoms with van der Waals surface area (Å²) in [4.78, 5) is 40.5. The number of nitrogens with zero attached hydrogens (tertiary/aromatic N) is 2. The minimum absolute atomic E-state index is 0.0156. The first-order chi connectivity index (χ1) is 12.6. The Morgan fingerprint density at radius 3 is 2.73 bits per heavy atom. The van der Waals surface area contributed by atoms with Crippen molar-refractivity contribution in [2.45, 2.75) is 31.8 Å². The fraction of sp³-hybridized carbons (Fsp3) is 0.316. The van der Waals surface area contributed by atoms with E-state index in [2.05, 4.69) is 11.2 Å². The van der Waals surface area contributed by atoms with Gasteiger partial charge < -0.3 is 4.90 Å². The van der Waals surface area contributed by atoms with E-state index in [4.69, 9.17) is 0 Å². The molecule has 3 aromatic rings. The molecule has 0 saturated carbocycles. The summed E-state index contributed by atoms with van der Waals surface area (Å²) in [5, 5.41) is 5.36. The molecule has 3 heterocycles. The summed E-state index contributed by atoms with van der Waals surface area (Å²) in [6, 6.07) is 10.9. The molecule has 4 rings (SSSR count). The van der Waals surface area contributed by atoms with Gasteiger partial charge in [-0.25, -0.2) is 4.68 Å². The molecule has 6 nitrogen and oxygen atoms in total. The van der Waals surface area contributed by atoms with Crippen LogP contribution >= 0.6 is 11.3 Å². The number of H-pyrrole nitrogens is 1. The average molecular weight is 369 g/mol. The zero-order chi connectivity index (χ0) is 18.1. The standard InChI is InChI=1S/C19H19N3O3S/c23-17(21-10-3-7-15(21)16-8-4-12-26-16)9-11-22-19(25)14-6-2-1-5-13(14)18(24)20-22/h1-2,4-6,8,12,15H,3,7,9-11H2,(H,20,24)/t15-/m0/s1. The van der Waals surface area contributed by atoms with Gasteiger partial charge >= 0.3 is 0 Å². The number of benzene rings is 1. The van der Waals surface area contributed by atoms with Crippen LogP contribution in [0.2, 0.25) is 0 Å². The minimum Gasteiger partial charge on any atom is -0.335 e. The average Bonchev–Trinajstić information content (AvgIpc) is 3.34. The number of aromatic amines is 1. The molecule has 1 aliphatic heterocycles. The molecule has 1 atom stereocenters. The largest absolute Gasteiger partial charge is 0.335 e. The number of aryl methyl sites for hydroxylation is 1. The van der Waals surface area contributed by atoms with Crippen LogP contribution in [-0.2, 0) is 11.3 Å². The molecule has 1 aromatic carbocycles. The highest BCUT2D eigenvalue weighted by Gasteiger charge is 2.30. The molecule has 0 spiro atoms. The number of thiophene rings is 1. The molecule has 1 fully saturated rings. The molecule has 7 heteroatoms. The van der Waals surface area contributed by atoms with Crippen molar-refractivity contribution in [1.29, 1.82) is 0 Å². The summed E-state index contributed by atoms with van der Waals surface area (Å²) in [6.07, 6.45) is 2.15. The lowest BCUT2D eigenvalue weighted by Gasteiger charge is -2.24. The van der Waals surface area contributed by atoms with Gasteiger partial charge in [0.1, 0.15) is 0 Å². The van der Waals surface area contributed by atoms with Gasteiger partial charge in [0.05, 0.1) is 23.4 Å². The number of carbonyl (C=O) groups excluding carboxylic acids is 1. The van der Waals surface area contributed by atoms with E-state index in [0.29, 0.717) is 10.8 Å². The van der Waals surface area contributed by atoms with Crippen LogP contribution in [0.4, 0.5) is 0 Å². The van der Waals surface area contributed by atoms with E-state index >= 15 is 0 Å². The molecule has 26 heavy (non-hydrogen) atoms. The van der Waals surface area contributed by atoms with E-state index in [1.165, 1.54) is 9.56 Å². The van der Waals surface area contributed by atoms with Crippen LogP contribution in [0.25, 0.3) is 10.8 Å². The quantitative estimate of drug-likeness (QED) is 0.768. The second kappa shape index (κ2) is 6.92. The van der Waals surface area contributed by atoms with Crippen molar-refractivity contribution in [3.05, 3.63) is 67.4 Å². The molecule has 1 N–H and O–H groups in total. The van der Waals surface area contributed by atoms with Crippen LogP contribution < -0.4 is 11.1 Å². The van der Waals surface area contributed by atoms with E-state index in [1.807, 2.05) is 16.3 Å². The molecule has 1 aliphatic rings. The van der Waals surface area contributed by atoms with E-state index < -0.39 is 0 Å². The topological polar surface area (TPSA) is 75.2 Å². The second-order valence-electron chi connectivity index (χ2n) is 6.45. The Kier molecular flexibility index (Phi) is 4.46. The Morgan fingerprint density at radius 1 is 1.15 bits per heavy atom. The lowest BCUT2D eigenvalue weighted by atomic mass is 10.2. The molecule has 134 valence electrons. The van der Waals surface area contributed by atoms with Crippen LogP contribution in [-0.4, -0.2) is 27.1 Å². The Morgan fingerprint density at radius 2 is 1.96 bits per heavy atom. The summed E-state index contributed by atoms with van der Waals surface area (Å²) in [5.74, 6) is 0.0156. The fourth-order valence-corrected chi connectivity index (χ4v) is 4.47. The van der Waals surface area contributed by atoms with Gasteiger partial charge in [0.15, 0.2) is 0 Å². The fourth-order valence-electron chi connectivity index (χ4n) is 3.60. The van der Waals surface area contributed by atoms with Crippen LogP contribution in [0.3, 0.4) is 0 Å². The predicted molar refractivity (Wildman–Crippen MR) is 101 cm³/mol. The number of hydrogen-bond acceptors (Lipinski definition) is 4. The van der Waals surface area contributed by atoms with E-state index in [1.54, 1.807) is 35.6 Å². The first kappa shape index (κ1) is 16.8. The lowest BCUT2D eigenvalue weighted by molar-refractivity contribution is -0.132. The van der Waals surface area contributed by atoms with Crippen LogP contribution in [0.15, 0.2) is 51.4 Å². The van der Waals surface area contributed by atoms with Gasteiger partial charge in [0.2, 0.25) is 5.91 Å². The third-order valence-corrected chi connectivity index (χ3v) is 5.85. The normalized spacial score (nSPS) is 17.1. The molecule has 0 unspecified atom stereocenters. The smallest absolute Gasteiger partial charge is 0.273 e. The van der Waals surface area contributed by atoms with E-state index in [-0.39, 0.29) is 36.0 Å². The maximum atomic E-state index is 12.7. The predicted octanol–water partition coefficient (Wildman–Crippen LogP) is 2.51. The molecular formula is C19H19N3O3S. The van der Waals surface area contributed by atoms with Crippen molar-refractivity contribution in [3.8, 4) is 0 Å². The van der Waals surface area contributed by atoms with Crippen molar-refractivity contribution >= 4 is 28.0 Å². The SMILES string of the molecule is O=C(CCn1[nH]c(=O)c2ccccc2c1=O)N1CCC[C@H]1c1cccs1. The lowest BCUT2D eigenvalue weighted by Crippen LogP contribution is -2.34. The van der Waals surface area contributed by atoms with E-state index in [0.717, 1.165) is 19.4 Å². The van der Waals surface area contributed by atoms with Gasteiger partial charge in [0, 0.05) is 17.8 Å². The van der Waals surface area contributed by atoms with Gasteiger partial charge in [-0.2, -0.15) is 0 Å². The molecule has 0 bridgehead atoms. The van der Waals surface area contributed by atoms with Crippen molar-refractivity contribution < 1.29 is 4.79 Å². The summed E-state index contributed by atoms with van der Waals surface area (Å²) in [7, 11) is 0. The van der Waals surface area contributed by atoms with Gasteiger partial charge in [-0.1, -0.05) is 18.2 Å². The second-order valence-corrected chi connectivity index (χ2v) is 7.43. The monoisotopic (exact) mass is 369 g/mol. The number of aromatic nitrogens is 2. The minimum atomic E-state index is -0.315. The maximum absolute atomic E-state index is 12.7. The summed E-state index contributed by atoms with van der Waals surface area (Å²) < 4.78 is 1.25. The first-order valence-electron chi connectivity index (χ1n) is 8.70. The number of nitrogens with one attached hydrogen (secondary N) is 1.